The highest BCUT2D eigenvalue weighted by molar-refractivity contribution is 5.72. The van der Waals surface area contributed by atoms with Crippen molar-refractivity contribution >= 4 is 12.1 Å². The minimum absolute atomic E-state index is 0.127. The van der Waals surface area contributed by atoms with Crippen LogP contribution < -0.4 is 9.47 Å². The van der Waals surface area contributed by atoms with E-state index in [2.05, 4.69) is 0 Å². The summed E-state index contributed by atoms with van der Waals surface area (Å²) in [6.45, 7) is 6.59. The Bertz CT molecular complexity index is 920. The van der Waals surface area contributed by atoms with Crippen molar-refractivity contribution in [1.82, 2.24) is 4.90 Å². The molecule has 0 saturated heterocycles. The second kappa shape index (κ2) is 12.7. The van der Waals surface area contributed by atoms with Gasteiger partial charge in [0.05, 0.1) is 6.54 Å². The highest BCUT2D eigenvalue weighted by Crippen LogP contribution is 2.19. The van der Waals surface area contributed by atoms with Crippen LogP contribution in [0.4, 0.5) is 13.6 Å². The first kappa shape index (κ1) is 26.1. The fourth-order valence-corrected chi connectivity index (χ4v) is 3.04. The number of halogens is 2. The lowest BCUT2D eigenvalue weighted by molar-refractivity contribution is -0.149. The third kappa shape index (κ3) is 8.69. The predicted molar refractivity (Wildman–Crippen MR) is 117 cm³/mol. The molecule has 9 heteroatoms. The molecule has 0 radical (unpaired) electrons. The van der Waals surface area contributed by atoms with Gasteiger partial charge in [-0.1, -0.05) is 26.0 Å². The summed E-state index contributed by atoms with van der Waals surface area (Å²) in [4.78, 5) is 25.1. The monoisotopic (exact) mass is 465 g/mol. The number of benzene rings is 2. The zero-order valence-electron chi connectivity index (χ0n) is 18.9. The number of carboxylic acid groups (broad SMARTS) is 1. The molecule has 0 fully saturated rings. The molecule has 0 bridgehead atoms. The van der Waals surface area contributed by atoms with Gasteiger partial charge in [-0.15, -0.1) is 0 Å². The molecule has 0 spiro atoms. The van der Waals surface area contributed by atoms with Gasteiger partial charge in [0.15, 0.2) is 17.7 Å². The van der Waals surface area contributed by atoms with Crippen molar-refractivity contribution in [3.63, 3.8) is 0 Å². The summed E-state index contributed by atoms with van der Waals surface area (Å²) in [5, 5.41) is 9.19. The maximum absolute atomic E-state index is 13.8. The third-order valence-electron chi connectivity index (χ3n) is 4.55. The van der Waals surface area contributed by atoms with Crippen molar-refractivity contribution in [2.45, 2.75) is 33.3 Å². The van der Waals surface area contributed by atoms with Crippen molar-refractivity contribution in [2.75, 3.05) is 26.3 Å². The van der Waals surface area contributed by atoms with Gasteiger partial charge in [-0.05, 0) is 42.7 Å². The fraction of sp³-hybridized carbons (Fsp3) is 0.417. The predicted octanol–water partition coefficient (Wildman–Crippen LogP) is 4.53. The number of ether oxygens (including phenoxy) is 3. The van der Waals surface area contributed by atoms with Gasteiger partial charge in [0.2, 0.25) is 0 Å². The first-order valence-corrected chi connectivity index (χ1v) is 10.7. The average molecular weight is 465 g/mol. The molecule has 2 aromatic carbocycles. The summed E-state index contributed by atoms with van der Waals surface area (Å²) < 4.78 is 42.9. The van der Waals surface area contributed by atoms with Crippen LogP contribution in [0.3, 0.4) is 0 Å². The molecule has 2 aromatic rings. The van der Waals surface area contributed by atoms with Crippen LogP contribution in [-0.4, -0.2) is 54.5 Å². The molecule has 180 valence electrons. The van der Waals surface area contributed by atoms with Crippen molar-refractivity contribution in [1.29, 1.82) is 0 Å². The Morgan fingerprint density at radius 2 is 1.79 bits per heavy atom. The van der Waals surface area contributed by atoms with Crippen LogP contribution in [-0.2, 0) is 16.0 Å². The van der Waals surface area contributed by atoms with Gasteiger partial charge in [0, 0.05) is 25.6 Å². The van der Waals surface area contributed by atoms with E-state index in [0.717, 1.165) is 17.7 Å². The first-order chi connectivity index (χ1) is 15.7. The maximum Gasteiger partial charge on any atom is 0.415 e. The SMILES string of the molecule is CCOC(Cc1ccc(OCCN(CC(C)C)C(=O)Oc2ccc(F)cc2F)cc1)C(=O)O. The molecule has 0 aliphatic carbocycles. The van der Waals surface area contributed by atoms with E-state index < -0.39 is 29.8 Å². The topological polar surface area (TPSA) is 85.3 Å². The van der Waals surface area contributed by atoms with Crippen molar-refractivity contribution in [3.8, 4) is 11.5 Å². The summed E-state index contributed by atoms with van der Waals surface area (Å²) in [5.41, 5.74) is 0.787. The molecule has 1 atom stereocenters. The Labute approximate surface area is 191 Å². The number of carbonyl (C=O) groups is 2. The standard InChI is InChI=1S/C24H29F2NO6/c1-4-31-22(23(28)29)13-17-5-8-19(9-6-17)32-12-11-27(15-16(2)3)24(30)33-21-10-7-18(25)14-20(21)26/h5-10,14,16,22H,4,11-13,15H2,1-3H3,(H,28,29). The van der Waals surface area contributed by atoms with Crippen LogP contribution in [0.25, 0.3) is 0 Å². The molecular formula is C24H29F2NO6. The van der Waals surface area contributed by atoms with E-state index >= 15 is 0 Å². The highest BCUT2D eigenvalue weighted by Gasteiger charge is 2.20. The minimum Gasteiger partial charge on any atom is -0.492 e. The molecule has 0 aliphatic rings. The van der Waals surface area contributed by atoms with E-state index in [1.807, 2.05) is 13.8 Å². The Balaban J connectivity index is 1.92. The Morgan fingerprint density at radius 3 is 2.36 bits per heavy atom. The molecule has 0 saturated carbocycles. The lowest BCUT2D eigenvalue weighted by atomic mass is 10.1. The summed E-state index contributed by atoms with van der Waals surface area (Å²) in [7, 11) is 0. The summed E-state index contributed by atoms with van der Waals surface area (Å²) >= 11 is 0. The van der Waals surface area contributed by atoms with E-state index in [9.17, 15) is 23.5 Å². The molecule has 1 amide bonds. The Kier molecular flexibility index (Phi) is 10.1. The first-order valence-electron chi connectivity index (χ1n) is 10.7. The van der Waals surface area contributed by atoms with Crippen LogP contribution in [0.15, 0.2) is 42.5 Å². The van der Waals surface area contributed by atoms with Crippen LogP contribution in [0, 0.1) is 17.6 Å². The molecule has 2 rings (SSSR count). The minimum atomic E-state index is -1.02. The number of carbonyl (C=O) groups excluding carboxylic acids is 1. The van der Waals surface area contributed by atoms with E-state index in [1.54, 1.807) is 31.2 Å². The number of rotatable bonds is 12. The third-order valence-corrected chi connectivity index (χ3v) is 4.55. The van der Waals surface area contributed by atoms with Gasteiger partial charge in [-0.3, -0.25) is 0 Å². The zero-order chi connectivity index (χ0) is 24.4. The number of nitrogens with zero attached hydrogens (tertiary/aromatic N) is 1. The zero-order valence-corrected chi connectivity index (χ0v) is 18.9. The van der Waals surface area contributed by atoms with Gasteiger partial charge < -0.3 is 24.2 Å². The number of hydrogen-bond donors (Lipinski definition) is 1. The fourth-order valence-electron chi connectivity index (χ4n) is 3.04. The average Bonchev–Trinajstić information content (AvgIpc) is 2.75. The van der Waals surface area contributed by atoms with E-state index in [-0.39, 0.29) is 31.2 Å². The highest BCUT2D eigenvalue weighted by atomic mass is 19.1. The summed E-state index contributed by atoms with van der Waals surface area (Å²) in [5.74, 6) is -2.42. The van der Waals surface area contributed by atoms with Crippen LogP contribution in [0.5, 0.6) is 11.5 Å². The van der Waals surface area contributed by atoms with Crippen LogP contribution in [0.2, 0.25) is 0 Å². The maximum atomic E-state index is 13.8. The van der Waals surface area contributed by atoms with Gasteiger partial charge >= 0.3 is 12.1 Å². The molecule has 0 aromatic heterocycles. The molecule has 1 unspecified atom stereocenters. The summed E-state index contributed by atoms with van der Waals surface area (Å²) in [6, 6.07) is 9.64. The Hall–Kier alpha value is -3.20. The lowest BCUT2D eigenvalue weighted by Gasteiger charge is -2.24. The normalized spacial score (nSPS) is 11.8. The number of carboxylic acids is 1. The molecule has 7 nitrogen and oxygen atoms in total. The quantitative estimate of drug-likeness (QED) is 0.496. The van der Waals surface area contributed by atoms with Crippen LogP contribution >= 0.6 is 0 Å². The van der Waals surface area contributed by atoms with E-state index in [1.165, 1.54) is 4.90 Å². The summed E-state index contributed by atoms with van der Waals surface area (Å²) in [6.07, 6.45) is -1.44. The number of amides is 1. The molecule has 0 aliphatic heterocycles. The van der Waals surface area contributed by atoms with Gasteiger partial charge in [0.1, 0.15) is 18.2 Å². The molecular weight excluding hydrogens is 436 g/mol. The number of hydrogen-bond acceptors (Lipinski definition) is 5. The molecule has 33 heavy (non-hydrogen) atoms. The van der Waals surface area contributed by atoms with Crippen molar-refractivity contribution in [2.24, 2.45) is 5.92 Å². The van der Waals surface area contributed by atoms with Crippen molar-refractivity contribution in [3.05, 3.63) is 59.7 Å². The smallest absolute Gasteiger partial charge is 0.415 e. The second-order valence-corrected chi connectivity index (χ2v) is 7.76. The largest absolute Gasteiger partial charge is 0.492 e. The van der Waals surface area contributed by atoms with Gasteiger partial charge in [-0.2, -0.15) is 0 Å². The number of aliphatic carboxylic acids is 1. The van der Waals surface area contributed by atoms with E-state index in [4.69, 9.17) is 14.2 Å². The van der Waals surface area contributed by atoms with E-state index in [0.29, 0.717) is 25.0 Å². The van der Waals surface area contributed by atoms with Gasteiger partial charge in [-0.25, -0.2) is 18.4 Å². The second-order valence-electron chi connectivity index (χ2n) is 7.76. The van der Waals surface area contributed by atoms with Crippen molar-refractivity contribution < 1.29 is 37.7 Å². The lowest BCUT2D eigenvalue weighted by Crippen LogP contribution is -2.39. The molecule has 0 heterocycles. The molecule has 1 N–H and O–H groups in total. The van der Waals surface area contributed by atoms with Gasteiger partial charge in [0.25, 0.3) is 0 Å². The van der Waals surface area contributed by atoms with Crippen LogP contribution in [0.1, 0.15) is 26.3 Å². The Morgan fingerprint density at radius 1 is 1.09 bits per heavy atom.